The van der Waals surface area contributed by atoms with Crippen LogP contribution in [0.2, 0.25) is 0 Å². The Morgan fingerprint density at radius 1 is 0.706 bits per heavy atom. The van der Waals surface area contributed by atoms with Crippen LogP contribution in [0.25, 0.3) is 0 Å². The number of carbonyl (C=O) groups excluding carboxylic acids is 7. The van der Waals surface area contributed by atoms with E-state index < -0.39 is 119 Å². The molecule has 3 N–H and O–H groups in total. The Balaban J connectivity index is 1.21. The number of rotatable bonds is 25. The fraction of sp³-hybridized carbons (Fsp3) is 0.435. The fourth-order valence-corrected chi connectivity index (χ4v) is 12.3. The fourth-order valence-electron chi connectivity index (χ4n) is 12.3. The maximum absolute atomic E-state index is 15.8. The number of ether oxygens (including phenoxy) is 6. The van der Waals surface area contributed by atoms with Crippen molar-refractivity contribution in [2.75, 3.05) is 6.61 Å². The molecule has 85 heavy (non-hydrogen) atoms. The smallest absolute Gasteiger partial charge is 0.350 e. The normalized spacial score (nSPS) is 27.0. The Morgan fingerprint density at radius 2 is 1.24 bits per heavy atom. The van der Waals surface area contributed by atoms with Crippen molar-refractivity contribution in [1.82, 2.24) is 5.32 Å². The number of nitrogens with one attached hydrogen (secondary N) is 1. The predicted molar refractivity (Wildman–Crippen MR) is 319 cm³/mol. The van der Waals surface area contributed by atoms with Gasteiger partial charge in [0, 0.05) is 44.1 Å². The van der Waals surface area contributed by atoms with Crippen molar-refractivity contribution in [2.45, 2.75) is 167 Å². The quantitative estimate of drug-likeness (QED) is 0.0407. The van der Waals surface area contributed by atoms with Crippen LogP contribution in [0.4, 0.5) is 0 Å². The second-order valence-electron chi connectivity index (χ2n) is 22.8. The maximum atomic E-state index is 15.8. The van der Waals surface area contributed by atoms with Gasteiger partial charge in [0.05, 0.1) is 29.6 Å². The molecule has 2 saturated carbocycles. The van der Waals surface area contributed by atoms with Gasteiger partial charge in [-0.3, -0.25) is 24.0 Å². The standard InChI is InChI=1S/C69H81NO15/c1-8-9-10-11-12-13-14-15-16-17-18-19-20-21-22-23-24-25-35-42-55(74)83-59(57(49-36-29-26-30-37-49)70-63(76)50-38-31-27-32-39-50)65(78)82-52-44-69(79)62(84-64(77)51-40-33-28-34-41-51)60-67(7,53(73)43-54-68(60,45-80-54)85-48(4)72)61(75)58(81-47(3)71)56(46(52)2)66(69,5)6/h9-10,12-13,15-16,18-19,21-22,24-34,36-41,52-54,57-60,62,73,79H,8,11,14,17,20,23,35,42-45H2,1-7H3,(H,70,76)/b10-9-,13-12-,16-15-,19-18-,22-21-,25-24-/t52?,53-,54+,57?,58+,59+,60-,62-,67+,68-,69+/m0/s1. The van der Waals surface area contributed by atoms with Crippen LogP contribution >= 0.6 is 0 Å². The zero-order valence-corrected chi connectivity index (χ0v) is 49.7. The van der Waals surface area contributed by atoms with Crippen molar-refractivity contribution in [1.29, 1.82) is 0 Å². The van der Waals surface area contributed by atoms with E-state index >= 15 is 9.59 Å². The van der Waals surface area contributed by atoms with Crippen LogP contribution in [0.3, 0.4) is 0 Å². The molecule has 0 radical (unpaired) electrons. The van der Waals surface area contributed by atoms with Gasteiger partial charge in [-0.15, -0.1) is 0 Å². The molecule has 3 aromatic rings. The molecule has 11 atom stereocenters. The number of fused-ring (bicyclic) bond motifs is 5. The Morgan fingerprint density at radius 3 is 1.75 bits per heavy atom. The molecule has 1 heterocycles. The average Bonchev–Trinajstić information content (AvgIpc) is 0.690. The minimum Gasteiger partial charge on any atom is -0.455 e. The predicted octanol–water partition coefficient (Wildman–Crippen LogP) is 10.8. The van der Waals surface area contributed by atoms with E-state index in [0.717, 1.165) is 46.0 Å². The van der Waals surface area contributed by atoms with Crippen molar-refractivity contribution in [3.63, 3.8) is 0 Å². The third-order valence-corrected chi connectivity index (χ3v) is 16.8. The van der Waals surface area contributed by atoms with Gasteiger partial charge in [0.1, 0.15) is 30.0 Å². The lowest BCUT2D eigenvalue weighted by Gasteiger charge is -2.67. The molecule has 2 unspecified atom stereocenters. The van der Waals surface area contributed by atoms with E-state index in [2.05, 4.69) is 66.9 Å². The summed E-state index contributed by atoms with van der Waals surface area (Å²) in [5.41, 5.74) is -7.33. The van der Waals surface area contributed by atoms with Gasteiger partial charge < -0.3 is 44.0 Å². The molecular formula is C69H81NO15. The monoisotopic (exact) mass is 1160 g/mol. The van der Waals surface area contributed by atoms with E-state index in [1.807, 2.05) is 18.2 Å². The second kappa shape index (κ2) is 29.3. The van der Waals surface area contributed by atoms with Crippen LogP contribution in [0, 0.1) is 16.7 Å². The van der Waals surface area contributed by atoms with Crippen LogP contribution in [0.1, 0.15) is 145 Å². The van der Waals surface area contributed by atoms with Gasteiger partial charge in [0.25, 0.3) is 5.91 Å². The average molecular weight is 1160 g/mol. The van der Waals surface area contributed by atoms with Crippen LogP contribution < -0.4 is 5.32 Å². The van der Waals surface area contributed by atoms with Gasteiger partial charge in [-0.05, 0) is 99.8 Å². The Labute approximate surface area is 498 Å². The van der Waals surface area contributed by atoms with E-state index in [4.69, 9.17) is 28.4 Å². The third-order valence-electron chi connectivity index (χ3n) is 16.8. The Hall–Kier alpha value is -7.79. The lowest BCUT2D eigenvalue weighted by atomic mass is 9.44. The number of hydrogen-bond donors (Lipinski definition) is 3. The number of ketones is 1. The molecule has 1 saturated heterocycles. The number of allylic oxidation sites excluding steroid dienone is 12. The summed E-state index contributed by atoms with van der Waals surface area (Å²) < 4.78 is 37.2. The van der Waals surface area contributed by atoms with E-state index in [9.17, 15) is 34.2 Å². The van der Waals surface area contributed by atoms with Gasteiger partial charge >= 0.3 is 29.8 Å². The van der Waals surface area contributed by atoms with Crippen LogP contribution in [0.15, 0.2) is 175 Å². The largest absolute Gasteiger partial charge is 0.455 e. The van der Waals surface area contributed by atoms with E-state index in [1.54, 1.807) is 92.7 Å². The summed E-state index contributed by atoms with van der Waals surface area (Å²) in [7, 11) is 0. The van der Waals surface area contributed by atoms with E-state index in [1.165, 1.54) is 26.0 Å². The van der Waals surface area contributed by atoms with Crippen LogP contribution in [-0.2, 0) is 52.4 Å². The van der Waals surface area contributed by atoms with Gasteiger partial charge in [0.2, 0.25) is 6.10 Å². The van der Waals surface area contributed by atoms with Crippen molar-refractivity contribution < 1.29 is 72.2 Å². The van der Waals surface area contributed by atoms with Gasteiger partial charge in [-0.25, -0.2) is 9.59 Å². The summed E-state index contributed by atoms with van der Waals surface area (Å²) in [4.78, 5) is 101. The molecule has 1 aliphatic heterocycles. The molecule has 3 aliphatic carbocycles. The van der Waals surface area contributed by atoms with Crippen molar-refractivity contribution >= 4 is 41.5 Å². The van der Waals surface area contributed by atoms with Crippen molar-refractivity contribution in [2.24, 2.45) is 16.7 Å². The lowest BCUT2D eigenvalue weighted by Crippen LogP contribution is -2.82. The molecule has 2 bridgehead atoms. The highest BCUT2D eigenvalue weighted by Gasteiger charge is 2.78. The number of hydrogen-bond acceptors (Lipinski definition) is 15. The summed E-state index contributed by atoms with van der Waals surface area (Å²) in [5.74, 6) is -7.73. The van der Waals surface area contributed by atoms with Gasteiger partial charge in [0.15, 0.2) is 17.5 Å². The van der Waals surface area contributed by atoms with Gasteiger partial charge in [-0.1, -0.05) is 160 Å². The molecule has 7 rings (SSSR count). The Bertz CT molecular complexity index is 3070. The highest BCUT2D eigenvalue weighted by molar-refractivity contribution is 5.96. The first-order chi connectivity index (χ1) is 40.7. The summed E-state index contributed by atoms with van der Waals surface area (Å²) in [6, 6.07) is 23.1. The van der Waals surface area contributed by atoms with Gasteiger partial charge in [-0.2, -0.15) is 0 Å². The molecule has 4 aliphatic rings. The summed E-state index contributed by atoms with van der Waals surface area (Å²) in [6.45, 7) is 10.1. The molecule has 16 heteroatoms. The number of aliphatic hydroxyl groups is 2. The maximum Gasteiger partial charge on any atom is 0.350 e. The second-order valence-corrected chi connectivity index (χ2v) is 22.8. The van der Waals surface area contributed by atoms with Crippen LogP contribution in [0.5, 0.6) is 0 Å². The number of benzene rings is 3. The zero-order chi connectivity index (χ0) is 61.4. The number of Topliss-reactive ketones (excluding diaryl/α,β-unsaturated/α-hetero) is 1. The summed E-state index contributed by atoms with van der Waals surface area (Å²) >= 11 is 0. The van der Waals surface area contributed by atoms with E-state index in [0.29, 0.717) is 12.0 Å². The number of amides is 1. The minimum absolute atomic E-state index is 0.0256. The topological polar surface area (TPSA) is 227 Å². The SMILES string of the molecule is CC/C=C\C/C=C\C/C=C\C/C=C\C/C=C\C/C=C\CCC(=O)O[C@@H](C(=O)OC1C[C@@]2(O)[C@@H](OC(=O)c3ccccc3)[C@@H]3[C@]4(OC(C)=O)CO[C@@H]4C[C@H](O)[C@@]3(C)C(=O)[C@H](OC(C)=O)C(=C1C)C2(C)C)C(NC(=O)c1ccccc1)c1ccccc1. The molecule has 16 nitrogen and oxygen atoms in total. The molecule has 3 aromatic carbocycles. The van der Waals surface area contributed by atoms with Crippen LogP contribution in [-0.4, -0.2) is 106 Å². The highest BCUT2D eigenvalue weighted by Crippen LogP contribution is 2.64. The van der Waals surface area contributed by atoms with Crippen molar-refractivity contribution in [3.05, 3.63) is 192 Å². The van der Waals surface area contributed by atoms with E-state index in [-0.39, 0.29) is 48.1 Å². The number of esters is 5. The first kappa shape index (κ1) is 64.8. The molecule has 0 aromatic heterocycles. The minimum atomic E-state index is -2.46. The molecule has 1 amide bonds. The number of aliphatic hydroxyl groups excluding tert-OH is 1. The molecule has 452 valence electrons. The molecule has 0 spiro atoms. The zero-order valence-electron chi connectivity index (χ0n) is 49.7. The molecular weight excluding hydrogens is 1080 g/mol. The highest BCUT2D eigenvalue weighted by atomic mass is 16.6. The molecule has 3 fully saturated rings. The number of carbonyl (C=O) groups is 7. The first-order valence-electron chi connectivity index (χ1n) is 29.3. The summed E-state index contributed by atoms with van der Waals surface area (Å²) in [6.07, 6.45) is 19.4. The summed E-state index contributed by atoms with van der Waals surface area (Å²) in [5, 5.41) is 29.2. The Kier molecular flexibility index (Phi) is 22.4. The van der Waals surface area contributed by atoms with Crippen molar-refractivity contribution in [3.8, 4) is 0 Å². The third kappa shape index (κ3) is 14.8. The lowest BCUT2D eigenvalue weighted by molar-refractivity contribution is -0.346. The first-order valence-corrected chi connectivity index (χ1v) is 29.3.